The molecule has 0 radical (unpaired) electrons. The third-order valence-electron chi connectivity index (χ3n) is 2.12. The molecule has 80 valence electrons. The molecular formula is C11H12BrNOS. The Labute approximate surface area is 101 Å². The zero-order chi connectivity index (χ0) is 11.3. The summed E-state index contributed by atoms with van der Waals surface area (Å²) in [7, 11) is -1.07. The number of nitriles is 1. The first-order valence-corrected chi connectivity index (χ1v) is 6.72. The van der Waals surface area contributed by atoms with Crippen LogP contribution in [0.15, 0.2) is 33.6 Å². The SMILES string of the molecule is CCC(CC#N)S(=O)c1ccc(Br)cc1. The van der Waals surface area contributed by atoms with Crippen molar-refractivity contribution in [1.82, 2.24) is 0 Å². The van der Waals surface area contributed by atoms with E-state index in [1.54, 1.807) is 0 Å². The van der Waals surface area contributed by atoms with Crippen LogP contribution in [-0.2, 0) is 10.8 Å². The van der Waals surface area contributed by atoms with Crippen LogP contribution in [0.4, 0.5) is 0 Å². The van der Waals surface area contributed by atoms with Gasteiger partial charge in [-0.15, -0.1) is 0 Å². The highest BCUT2D eigenvalue weighted by Crippen LogP contribution is 2.18. The molecule has 2 unspecified atom stereocenters. The second-order valence-corrected chi connectivity index (χ2v) is 5.79. The molecule has 1 aromatic rings. The molecule has 0 bridgehead atoms. The minimum absolute atomic E-state index is 0.0591. The normalized spacial score (nSPS) is 14.2. The van der Waals surface area contributed by atoms with Crippen LogP contribution in [0.2, 0.25) is 0 Å². The van der Waals surface area contributed by atoms with E-state index in [1.165, 1.54) is 0 Å². The molecule has 0 amide bonds. The van der Waals surface area contributed by atoms with Gasteiger partial charge in [-0.25, -0.2) is 0 Å². The Kier molecular flexibility index (Phi) is 5.00. The van der Waals surface area contributed by atoms with Crippen LogP contribution in [0.25, 0.3) is 0 Å². The highest BCUT2D eigenvalue weighted by atomic mass is 79.9. The maximum absolute atomic E-state index is 12.0. The predicted octanol–water partition coefficient (Wildman–Crippen LogP) is 3.25. The van der Waals surface area contributed by atoms with Gasteiger partial charge in [-0.2, -0.15) is 5.26 Å². The summed E-state index contributed by atoms with van der Waals surface area (Å²) in [6, 6.07) is 9.48. The summed E-state index contributed by atoms with van der Waals surface area (Å²) in [4.78, 5) is 0.792. The molecule has 0 fully saturated rings. The maximum atomic E-state index is 12.0. The molecule has 0 aliphatic rings. The first kappa shape index (κ1) is 12.4. The monoisotopic (exact) mass is 285 g/mol. The second kappa shape index (κ2) is 6.04. The molecule has 1 aromatic carbocycles. The number of benzene rings is 1. The molecule has 0 N–H and O–H groups in total. The van der Waals surface area contributed by atoms with Crippen LogP contribution in [0.1, 0.15) is 19.8 Å². The van der Waals surface area contributed by atoms with Gasteiger partial charge < -0.3 is 0 Å². The van der Waals surface area contributed by atoms with Crippen molar-refractivity contribution in [2.24, 2.45) is 0 Å². The van der Waals surface area contributed by atoms with Crippen LogP contribution in [0.3, 0.4) is 0 Å². The van der Waals surface area contributed by atoms with Gasteiger partial charge in [-0.3, -0.25) is 4.21 Å². The molecule has 0 aliphatic carbocycles. The molecule has 1 rings (SSSR count). The minimum atomic E-state index is -1.07. The average Bonchev–Trinajstić information content (AvgIpc) is 2.26. The van der Waals surface area contributed by atoms with Gasteiger partial charge in [0, 0.05) is 15.8 Å². The van der Waals surface area contributed by atoms with Crippen LogP contribution >= 0.6 is 15.9 Å². The van der Waals surface area contributed by atoms with Gasteiger partial charge in [0.15, 0.2) is 0 Å². The minimum Gasteiger partial charge on any atom is -0.254 e. The van der Waals surface area contributed by atoms with Gasteiger partial charge in [-0.1, -0.05) is 22.9 Å². The van der Waals surface area contributed by atoms with Crippen molar-refractivity contribution in [3.8, 4) is 6.07 Å². The van der Waals surface area contributed by atoms with E-state index in [0.717, 1.165) is 15.8 Å². The summed E-state index contributed by atoms with van der Waals surface area (Å²) >= 11 is 3.33. The van der Waals surface area contributed by atoms with Crippen molar-refractivity contribution < 1.29 is 4.21 Å². The summed E-state index contributed by atoms with van der Waals surface area (Å²) in [6.45, 7) is 1.96. The summed E-state index contributed by atoms with van der Waals surface area (Å²) in [6.07, 6.45) is 1.11. The fraction of sp³-hybridized carbons (Fsp3) is 0.364. The average molecular weight is 286 g/mol. The highest BCUT2D eigenvalue weighted by molar-refractivity contribution is 9.10. The van der Waals surface area contributed by atoms with Gasteiger partial charge in [-0.05, 0) is 30.7 Å². The number of nitrogens with zero attached hydrogens (tertiary/aromatic N) is 1. The molecule has 0 spiro atoms. The number of rotatable bonds is 4. The van der Waals surface area contributed by atoms with E-state index in [9.17, 15) is 4.21 Å². The molecule has 0 aromatic heterocycles. The molecule has 2 nitrogen and oxygen atoms in total. The summed E-state index contributed by atoms with van der Waals surface area (Å²) in [5.41, 5.74) is 0. The number of hydrogen-bond donors (Lipinski definition) is 0. The molecule has 15 heavy (non-hydrogen) atoms. The van der Waals surface area contributed by atoms with Crippen molar-refractivity contribution in [3.63, 3.8) is 0 Å². The van der Waals surface area contributed by atoms with Crippen LogP contribution < -0.4 is 0 Å². The fourth-order valence-electron chi connectivity index (χ4n) is 1.23. The van der Waals surface area contributed by atoms with E-state index in [0.29, 0.717) is 6.42 Å². The molecular weight excluding hydrogens is 274 g/mol. The quantitative estimate of drug-likeness (QED) is 0.852. The lowest BCUT2D eigenvalue weighted by Gasteiger charge is -2.10. The molecule has 0 saturated heterocycles. The smallest absolute Gasteiger partial charge is 0.0634 e. The Morgan fingerprint density at radius 1 is 1.47 bits per heavy atom. The number of halogens is 1. The lowest BCUT2D eigenvalue weighted by Crippen LogP contribution is -2.13. The Balaban J connectivity index is 2.84. The zero-order valence-electron chi connectivity index (χ0n) is 8.44. The van der Waals surface area contributed by atoms with Gasteiger partial charge in [0.2, 0.25) is 0 Å². The van der Waals surface area contributed by atoms with Crippen molar-refractivity contribution in [1.29, 1.82) is 5.26 Å². The van der Waals surface area contributed by atoms with Gasteiger partial charge in [0.1, 0.15) is 0 Å². The number of hydrogen-bond acceptors (Lipinski definition) is 2. The zero-order valence-corrected chi connectivity index (χ0v) is 10.8. The van der Waals surface area contributed by atoms with E-state index in [-0.39, 0.29) is 5.25 Å². The lowest BCUT2D eigenvalue weighted by molar-refractivity contribution is 0.664. The molecule has 4 heteroatoms. The molecule has 0 heterocycles. The van der Waals surface area contributed by atoms with E-state index in [2.05, 4.69) is 22.0 Å². The Hall–Kier alpha value is -0.660. The Morgan fingerprint density at radius 2 is 2.07 bits per heavy atom. The Morgan fingerprint density at radius 3 is 2.53 bits per heavy atom. The maximum Gasteiger partial charge on any atom is 0.0634 e. The van der Waals surface area contributed by atoms with Crippen LogP contribution in [0.5, 0.6) is 0 Å². The van der Waals surface area contributed by atoms with Crippen molar-refractivity contribution in [2.75, 3.05) is 0 Å². The molecule has 2 atom stereocenters. The summed E-state index contributed by atoms with van der Waals surface area (Å²) in [5, 5.41) is 8.56. The molecule has 0 aliphatic heterocycles. The van der Waals surface area contributed by atoms with E-state index < -0.39 is 10.8 Å². The van der Waals surface area contributed by atoms with E-state index in [1.807, 2.05) is 31.2 Å². The van der Waals surface area contributed by atoms with Gasteiger partial charge in [0.25, 0.3) is 0 Å². The standard InChI is InChI=1S/C11H12BrNOS/c1-2-10(7-8-13)15(14)11-5-3-9(12)4-6-11/h3-6,10H,2,7H2,1H3. The third kappa shape index (κ3) is 3.44. The Bertz CT molecular complexity index is 383. The van der Waals surface area contributed by atoms with Gasteiger partial charge >= 0.3 is 0 Å². The van der Waals surface area contributed by atoms with Crippen molar-refractivity contribution in [2.45, 2.75) is 29.9 Å². The molecule has 0 saturated carbocycles. The highest BCUT2D eigenvalue weighted by Gasteiger charge is 2.15. The van der Waals surface area contributed by atoms with Crippen molar-refractivity contribution in [3.05, 3.63) is 28.7 Å². The van der Waals surface area contributed by atoms with Crippen molar-refractivity contribution >= 4 is 26.7 Å². The largest absolute Gasteiger partial charge is 0.254 e. The van der Waals surface area contributed by atoms with Gasteiger partial charge in [0.05, 0.1) is 22.1 Å². The van der Waals surface area contributed by atoms with Crippen LogP contribution in [0, 0.1) is 11.3 Å². The van der Waals surface area contributed by atoms with E-state index in [4.69, 9.17) is 5.26 Å². The second-order valence-electron chi connectivity index (χ2n) is 3.14. The predicted molar refractivity (Wildman–Crippen MR) is 64.9 cm³/mol. The topological polar surface area (TPSA) is 40.9 Å². The van der Waals surface area contributed by atoms with Crippen LogP contribution in [-0.4, -0.2) is 9.46 Å². The first-order valence-electron chi connectivity index (χ1n) is 4.72. The summed E-state index contributed by atoms with van der Waals surface area (Å²) in [5.74, 6) is 0. The third-order valence-corrected chi connectivity index (χ3v) is 4.49. The summed E-state index contributed by atoms with van der Waals surface area (Å²) < 4.78 is 13.0. The van der Waals surface area contributed by atoms with E-state index >= 15 is 0 Å². The fourth-order valence-corrected chi connectivity index (χ4v) is 2.82. The first-order chi connectivity index (χ1) is 7.19. The lowest BCUT2D eigenvalue weighted by atomic mass is 10.3.